The quantitative estimate of drug-likeness (QED) is 0.791. The van der Waals surface area contributed by atoms with Crippen LogP contribution >= 0.6 is 0 Å². The van der Waals surface area contributed by atoms with E-state index in [1.54, 1.807) is 25.1 Å². The van der Waals surface area contributed by atoms with Crippen molar-refractivity contribution in [2.75, 3.05) is 12.8 Å². The van der Waals surface area contributed by atoms with Gasteiger partial charge in [-0.1, -0.05) is 0 Å². The van der Waals surface area contributed by atoms with Crippen molar-refractivity contribution in [3.05, 3.63) is 18.2 Å². The topological polar surface area (TPSA) is 81.4 Å². The van der Waals surface area contributed by atoms with Crippen LogP contribution in [0.15, 0.2) is 23.1 Å². The van der Waals surface area contributed by atoms with E-state index in [0.717, 1.165) is 12.8 Å². The highest BCUT2D eigenvalue weighted by Gasteiger charge is 2.29. The van der Waals surface area contributed by atoms with E-state index in [1.165, 1.54) is 7.11 Å². The number of ether oxygens (including phenoxy) is 1. The lowest BCUT2D eigenvalue weighted by molar-refractivity contribution is -0.120. The highest BCUT2D eigenvalue weighted by molar-refractivity contribution is 7.86. The highest BCUT2D eigenvalue weighted by atomic mass is 32.2. The fourth-order valence-corrected chi connectivity index (χ4v) is 2.87. The lowest BCUT2D eigenvalue weighted by Crippen LogP contribution is -2.36. The molecule has 1 aromatic rings. The van der Waals surface area contributed by atoms with Crippen molar-refractivity contribution in [3.63, 3.8) is 0 Å². The van der Waals surface area contributed by atoms with Gasteiger partial charge in [0.15, 0.2) is 0 Å². The molecule has 0 bridgehead atoms. The van der Waals surface area contributed by atoms with Crippen LogP contribution in [0.3, 0.4) is 0 Å². The molecule has 2 atom stereocenters. The van der Waals surface area contributed by atoms with Gasteiger partial charge in [-0.2, -0.15) is 0 Å². The molecular weight excluding hydrogens is 264 g/mol. The average molecular weight is 282 g/mol. The number of anilines is 1. The van der Waals surface area contributed by atoms with Crippen LogP contribution in [-0.4, -0.2) is 28.5 Å². The minimum atomic E-state index is -1.46. The first kappa shape index (κ1) is 13.9. The van der Waals surface area contributed by atoms with Crippen LogP contribution in [-0.2, 0) is 15.6 Å². The van der Waals surface area contributed by atoms with E-state index in [2.05, 4.69) is 5.32 Å². The van der Waals surface area contributed by atoms with Crippen LogP contribution < -0.4 is 15.8 Å². The number of hydrogen-bond acceptors (Lipinski definition) is 4. The Hall–Kier alpha value is -1.56. The van der Waals surface area contributed by atoms with E-state index in [4.69, 9.17) is 10.5 Å². The third-order valence-corrected chi connectivity index (χ3v) is 4.65. The lowest BCUT2D eigenvalue weighted by atomic mass is 10.3. The number of benzene rings is 1. The van der Waals surface area contributed by atoms with Crippen LogP contribution in [0.2, 0.25) is 0 Å². The van der Waals surface area contributed by atoms with Crippen molar-refractivity contribution < 1.29 is 13.7 Å². The van der Waals surface area contributed by atoms with Crippen molar-refractivity contribution in [1.29, 1.82) is 0 Å². The Bertz CT molecular complexity index is 515. The minimum Gasteiger partial charge on any atom is -0.495 e. The van der Waals surface area contributed by atoms with Gasteiger partial charge in [0.25, 0.3) is 0 Å². The molecule has 3 N–H and O–H groups in total. The Morgan fingerprint density at radius 2 is 2.21 bits per heavy atom. The number of nitrogens with two attached hydrogens (primary N) is 1. The van der Waals surface area contributed by atoms with Gasteiger partial charge < -0.3 is 15.8 Å². The predicted octanol–water partition coefficient (Wildman–Crippen LogP) is 1.05. The summed E-state index contributed by atoms with van der Waals surface area (Å²) in [6.07, 6.45) is 2.02. The lowest BCUT2D eigenvalue weighted by Gasteiger charge is -2.14. The number of amides is 1. The summed E-state index contributed by atoms with van der Waals surface area (Å²) >= 11 is 0. The first-order valence-corrected chi connectivity index (χ1v) is 7.38. The molecule has 19 heavy (non-hydrogen) atoms. The third-order valence-electron chi connectivity index (χ3n) is 3.02. The van der Waals surface area contributed by atoms with Gasteiger partial charge in [-0.3, -0.25) is 9.00 Å². The van der Waals surface area contributed by atoms with Crippen LogP contribution in [0.1, 0.15) is 19.8 Å². The molecule has 0 saturated heterocycles. The molecule has 1 saturated carbocycles. The molecule has 104 valence electrons. The van der Waals surface area contributed by atoms with E-state index in [9.17, 15) is 9.00 Å². The van der Waals surface area contributed by atoms with Gasteiger partial charge in [-0.05, 0) is 31.9 Å². The molecule has 0 heterocycles. The maximum atomic E-state index is 12.4. The number of carbonyl (C=O) groups excluding carboxylic acids is 1. The molecule has 2 unspecified atom stereocenters. The molecule has 2 rings (SSSR count). The zero-order chi connectivity index (χ0) is 14.0. The summed E-state index contributed by atoms with van der Waals surface area (Å²) in [5.41, 5.74) is 6.19. The minimum absolute atomic E-state index is 0.181. The standard InChI is InChI=1S/C13H18N2O3S/c1-8(13(16)15-10-4-5-10)19(17)12-6-3-9(14)7-11(12)18-2/h3,6-8,10H,4-5,14H2,1-2H3,(H,15,16). The molecule has 0 aromatic heterocycles. The second kappa shape index (κ2) is 5.61. The summed E-state index contributed by atoms with van der Waals surface area (Å²) in [5.74, 6) is 0.268. The van der Waals surface area contributed by atoms with E-state index >= 15 is 0 Å². The Labute approximate surface area is 115 Å². The van der Waals surface area contributed by atoms with Gasteiger partial charge in [-0.15, -0.1) is 0 Å². The normalized spacial score (nSPS) is 17.6. The summed E-state index contributed by atoms with van der Waals surface area (Å²) in [6.45, 7) is 1.66. The third kappa shape index (κ3) is 3.26. The number of hydrogen-bond donors (Lipinski definition) is 2. The van der Waals surface area contributed by atoms with Gasteiger partial charge in [0, 0.05) is 17.8 Å². The zero-order valence-corrected chi connectivity index (χ0v) is 11.8. The summed E-state index contributed by atoms with van der Waals surface area (Å²) in [5, 5.41) is 2.24. The number of nitrogens with one attached hydrogen (secondary N) is 1. The van der Waals surface area contributed by atoms with Gasteiger partial charge in [0.2, 0.25) is 5.91 Å². The molecule has 6 heteroatoms. The highest BCUT2D eigenvalue weighted by Crippen LogP contribution is 2.27. The van der Waals surface area contributed by atoms with Crippen molar-refractivity contribution in [3.8, 4) is 5.75 Å². The molecule has 1 amide bonds. The second-order valence-electron chi connectivity index (χ2n) is 4.63. The Morgan fingerprint density at radius 1 is 1.53 bits per heavy atom. The van der Waals surface area contributed by atoms with Gasteiger partial charge in [-0.25, -0.2) is 0 Å². The van der Waals surface area contributed by atoms with E-state index in [1.807, 2.05) is 0 Å². The molecule has 5 nitrogen and oxygen atoms in total. The molecule has 1 fully saturated rings. The van der Waals surface area contributed by atoms with Crippen LogP contribution in [0.5, 0.6) is 5.75 Å². The van der Waals surface area contributed by atoms with Gasteiger partial charge in [0.1, 0.15) is 11.0 Å². The van der Waals surface area contributed by atoms with Crippen molar-refractivity contribution >= 4 is 22.4 Å². The fraction of sp³-hybridized carbons (Fsp3) is 0.462. The van der Waals surface area contributed by atoms with Crippen LogP contribution in [0, 0.1) is 0 Å². The van der Waals surface area contributed by atoms with Gasteiger partial charge >= 0.3 is 0 Å². The van der Waals surface area contributed by atoms with Gasteiger partial charge in [0.05, 0.1) is 22.8 Å². The Kier molecular flexibility index (Phi) is 4.09. The molecule has 0 aliphatic heterocycles. The summed E-state index contributed by atoms with van der Waals surface area (Å²) in [4.78, 5) is 12.4. The summed E-state index contributed by atoms with van der Waals surface area (Å²) in [6, 6.07) is 5.17. The molecule has 0 radical (unpaired) electrons. The van der Waals surface area contributed by atoms with E-state index in [0.29, 0.717) is 16.3 Å². The average Bonchev–Trinajstić information content (AvgIpc) is 3.20. The zero-order valence-electron chi connectivity index (χ0n) is 11.0. The second-order valence-corrected chi connectivity index (χ2v) is 6.37. The Morgan fingerprint density at radius 3 is 2.79 bits per heavy atom. The number of methoxy groups -OCH3 is 1. The van der Waals surface area contributed by atoms with Crippen molar-refractivity contribution in [2.45, 2.75) is 36.0 Å². The maximum Gasteiger partial charge on any atom is 0.236 e. The smallest absolute Gasteiger partial charge is 0.236 e. The van der Waals surface area contributed by atoms with E-state index in [-0.39, 0.29) is 11.9 Å². The van der Waals surface area contributed by atoms with Crippen molar-refractivity contribution in [1.82, 2.24) is 5.32 Å². The maximum absolute atomic E-state index is 12.4. The summed E-state index contributed by atoms with van der Waals surface area (Å²) in [7, 11) is 0.0313. The number of rotatable bonds is 5. The number of carbonyl (C=O) groups is 1. The Balaban J connectivity index is 2.15. The monoisotopic (exact) mass is 282 g/mol. The van der Waals surface area contributed by atoms with Crippen LogP contribution in [0.25, 0.3) is 0 Å². The molecule has 0 spiro atoms. The summed E-state index contributed by atoms with van der Waals surface area (Å²) < 4.78 is 17.6. The first-order chi connectivity index (χ1) is 9.02. The molecule has 1 aliphatic carbocycles. The number of nitrogen functional groups attached to an aromatic ring is 1. The fourth-order valence-electron chi connectivity index (χ4n) is 1.68. The first-order valence-electron chi connectivity index (χ1n) is 6.17. The van der Waals surface area contributed by atoms with Crippen molar-refractivity contribution in [2.24, 2.45) is 0 Å². The SMILES string of the molecule is COc1cc(N)ccc1S(=O)C(C)C(=O)NC1CC1. The molecular formula is C13H18N2O3S. The molecule has 1 aromatic carbocycles. The largest absolute Gasteiger partial charge is 0.495 e. The molecule has 1 aliphatic rings. The predicted molar refractivity (Wildman–Crippen MR) is 74.4 cm³/mol. The van der Waals surface area contributed by atoms with Crippen LogP contribution in [0.4, 0.5) is 5.69 Å². The van der Waals surface area contributed by atoms with E-state index < -0.39 is 16.0 Å².